The van der Waals surface area contributed by atoms with Gasteiger partial charge in [-0.3, -0.25) is 13.9 Å². The molecule has 8 nitrogen and oxygen atoms in total. The van der Waals surface area contributed by atoms with Crippen molar-refractivity contribution in [1.29, 1.82) is 0 Å². The fourth-order valence-corrected chi connectivity index (χ4v) is 5.63. The number of benzene rings is 2. The van der Waals surface area contributed by atoms with Gasteiger partial charge < -0.3 is 0 Å². The third kappa shape index (κ3) is 5.33. The molecule has 0 radical (unpaired) electrons. The topological polar surface area (TPSA) is 98.5 Å². The largest absolute Gasteiger partial charge is 0.329 e. The molecule has 1 aliphatic rings. The van der Waals surface area contributed by atoms with Crippen LogP contribution in [0, 0.1) is 5.92 Å². The first-order valence-corrected chi connectivity index (χ1v) is 13.4. The predicted molar refractivity (Wildman–Crippen MR) is 143 cm³/mol. The van der Waals surface area contributed by atoms with Crippen molar-refractivity contribution >= 4 is 6.29 Å². The lowest BCUT2D eigenvalue weighted by atomic mass is 9.87. The molecule has 1 N–H and O–H groups in total. The number of H-pyrrole nitrogens is 1. The van der Waals surface area contributed by atoms with E-state index in [1.807, 2.05) is 36.4 Å². The van der Waals surface area contributed by atoms with E-state index >= 15 is 0 Å². The minimum absolute atomic E-state index is 0.0760. The average molecular weight is 499 g/mol. The highest BCUT2D eigenvalue weighted by Gasteiger charge is 2.21. The van der Waals surface area contributed by atoms with Gasteiger partial charge in [0.05, 0.1) is 12.2 Å². The molecule has 0 amide bonds. The van der Waals surface area contributed by atoms with E-state index in [0.717, 1.165) is 47.1 Å². The molecule has 0 unspecified atom stereocenters. The Morgan fingerprint density at radius 2 is 1.76 bits per heavy atom. The smallest absolute Gasteiger partial charge is 0.296 e. The Morgan fingerprint density at radius 3 is 2.43 bits per heavy atom. The van der Waals surface area contributed by atoms with Crippen LogP contribution in [0.5, 0.6) is 0 Å². The molecule has 8 heteroatoms. The Bertz CT molecular complexity index is 1380. The molecule has 1 aliphatic carbocycles. The first-order valence-electron chi connectivity index (χ1n) is 13.4. The number of nitrogens with zero attached hydrogens (tertiary/aromatic N) is 5. The maximum Gasteiger partial charge on any atom is 0.329 e. The predicted octanol–water partition coefficient (Wildman–Crippen LogP) is 5.28. The van der Waals surface area contributed by atoms with Crippen LogP contribution in [0.4, 0.5) is 0 Å². The standard InChI is InChI=1S/C29H34N6O2/c1-2-8-26-27(20-36)34(18-17-21-9-4-3-5-10-21)29(37)35(26)19-22-13-15-23(16-14-22)24-11-6-7-12-25(24)28-30-32-33-31-28/h6-7,11-16,20-21H,2-5,8-10,17-19H2,1H3,(H,30,31,32,33). The second-order valence-electron chi connectivity index (χ2n) is 9.99. The van der Waals surface area contributed by atoms with Gasteiger partial charge in [-0.05, 0) is 40.7 Å². The van der Waals surface area contributed by atoms with Gasteiger partial charge in [0.15, 0.2) is 6.29 Å². The Labute approximate surface area is 216 Å². The molecule has 0 aliphatic heterocycles. The Hall–Kier alpha value is -3.81. The van der Waals surface area contributed by atoms with E-state index in [-0.39, 0.29) is 5.69 Å². The molecule has 37 heavy (non-hydrogen) atoms. The third-order valence-corrected chi connectivity index (χ3v) is 7.58. The number of tetrazole rings is 1. The summed E-state index contributed by atoms with van der Waals surface area (Å²) in [6, 6.07) is 16.2. The second kappa shape index (κ2) is 11.5. The molecule has 1 fully saturated rings. The van der Waals surface area contributed by atoms with Crippen molar-refractivity contribution in [1.82, 2.24) is 29.8 Å². The normalized spacial score (nSPS) is 14.2. The summed E-state index contributed by atoms with van der Waals surface area (Å²) < 4.78 is 3.53. The van der Waals surface area contributed by atoms with Crippen LogP contribution in [-0.4, -0.2) is 36.0 Å². The van der Waals surface area contributed by atoms with Crippen molar-refractivity contribution in [3.8, 4) is 22.5 Å². The van der Waals surface area contributed by atoms with E-state index in [2.05, 4.69) is 39.7 Å². The molecule has 4 aromatic rings. The van der Waals surface area contributed by atoms with Gasteiger partial charge in [-0.25, -0.2) is 4.79 Å². The van der Waals surface area contributed by atoms with Crippen molar-refractivity contribution in [2.75, 3.05) is 0 Å². The van der Waals surface area contributed by atoms with Crippen molar-refractivity contribution in [3.05, 3.63) is 76.0 Å². The van der Waals surface area contributed by atoms with Gasteiger partial charge in [0.2, 0.25) is 5.82 Å². The van der Waals surface area contributed by atoms with Crippen LogP contribution in [0.2, 0.25) is 0 Å². The van der Waals surface area contributed by atoms with Gasteiger partial charge >= 0.3 is 5.69 Å². The minimum Gasteiger partial charge on any atom is -0.296 e. The number of imidazole rings is 1. The lowest BCUT2D eigenvalue weighted by Gasteiger charge is -2.21. The van der Waals surface area contributed by atoms with Gasteiger partial charge in [-0.2, -0.15) is 5.21 Å². The van der Waals surface area contributed by atoms with Crippen molar-refractivity contribution in [2.45, 2.75) is 71.4 Å². The Kier molecular flexibility index (Phi) is 7.73. The van der Waals surface area contributed by atoms with Crippen LogP contribution in [0.3, 0.4) is 0 Å². The van der Waals surface area contributed by atoms with Gasteiger partial charge in [0, 0.05) is 12.1 Å². The summed E-state index contributed by atoms with van der Waals surface area (Å²) in [6.07, 6.45) is 9.75. The third-order valence-electron chi connectivity index (χ3n) is 7.58. The van der Waals surface area contributed by atoms with E-state index < -0.39 is 0 Å². The molecule has 2 heterocycles. The molecule has 0 bridgehead atoms. The number of hydrogen-bond donors (Lipinski definition) is 1. The van der Waals surface area contributed by atoms with E-state index in [1.165, 1.54) is 32.1 Å². The highest BCUT2D eigenvalue weighted by atomic mass is 16.2. The molecule has 192 valence electrons. The number of aromatic nitrogens is 6. The van der Waals surface area contributed by atoms with Crippen LogP contribution in [0.1, 0.15) is 73.6 Å². The summed E-state index contributed by atoms with van der Waals surface area (Å²) in [5.74, 6) is 1.20. The van der Waals surface area contributed by atoms with Gasteiger partial charge in [0.1, 0.15) is 5.69 Å². The van der Waals surface area contributed by atoms with Crippen molar-refractivity contribution in [3.63, 3.8) is 0 Å². The number of rotatable bonds is 10. The van der Waals surface area contributed by atoms with Crippen molar-refractivity contribution in [2.24, 2.45) is 5.92 Å². The summed E-state index contributed by atoms with van der Waals surface area (Å²) >= 11 is 0. The number of aldehydes is 1. The van der Waals surface area contributed by atoms with E-state index in [1.54, 1.807) is 9.13 Å². The monoisotopic (exact) mass is 498 g/mol. The fraction of sp³-hybridized carbons (Fsp3) is 0.414. The summed E-state index contributed by atoms with van der Waals surface area (Å²) in [7, 11) is 0. The number of aromatic amines is 1. The van der Waals surface area contributed by atoms with E-state index in [9.17, 15) is 9.59 Å². The molecule has 0 atom stereocenters. The summed E-state index contributed by atoms with van der Waals surface area (Å²) in [5, 5.41) is 14.5. The van der Waals surface area contributed by atoms with Gasteiger partial charge in [-0.1, -0.05) is 94.0 Å². The van der Waals surface area contributed by atoms with Crippen LogP contribution >= 0.6 is 0 Å². The van der Waals surface area contributed by atoms with E-state index in [0.29, 0.717) is 36.9 Å². The zero-order valence-corrected chi connectivity index (χ0v) is 21.4. The first-order chi connectivity index (χ1) is 18.2. The molecular weight excluding hydrogens is 464 g/mol. The van der Waals surface area contributed by atoms with E-state index in [4.69, 9.17) is 0 Å². The number of hydrogen-bond acceptors (Lipinski definition) is 5. The Morgan fingerprint density at radius 1 is 1.00 bits per heavy atom. The summed E-state index contributed by atoms with van der Waals surface area (Å²) in [6.45, 7) is 3.14. The second-order valence-corrected chi connectivity index (χ2v) is 9.99. The zero-order valence-electron chi connectivity index (χ0n) is 21.4. The van der Waals surface area contributed by atoms with Crippen LogP contribution < -0.4 is 5.69 Å². The molecule has 0 spiro atoms. The van der Waals surface area contributed by atoms with Crippen molar-refractivity contribution < 1.29 is 4.79 Å². The molecule has 5 rings (SSSR count). The molecule has 2 aromatic carbocycles. The summed E-state index contributed by atoms with van der Waals surface area (Å²) in [5.41, 5.74) is 5.28. The number of carbonyl (C=O) groups is 1. The molecular formula is C29H34N6O2. The average Bonchev–Trinajstić information content (AvgIpc) is 3.56. The van der Waals surface area contributed by atoms with Gasteiger partial charge in [-0.15, -0.1) is 10.2 Å². The highest BCUT2D eigenvalue weighted by molar-refractivity contribution is 5.80. The SMILES string of the molecule is CCCc1c(C=O)n(CCC2CCCCC2)c(=O)n1Cc1ccc(-c2ccccc2-c2nn[nH]n2)cc1. The Balaban J connectivity index is 1.41. The lowest BCUT2D eigenvalue weighted by molar-refractivity contribution is 0.111. The zero-order chi connectivity index (χ0) is 25.6. The number of carbonyl (C=O) groups excluding carboxylic acids is 1. The summed E-state index contributed by atoms with van der Waals surface area (Å²) in [4.78, 5) is 25.7. The minimum atomic E-state index is -0.0760. The fourth-order valence-electron chi connectivity index (χ4n) is 5.63. The first kappa shape index (κ1) is 24.9. The lowest BCUT2D eigenvalue weighted by Crippen LogP contribution is -2.27. The maximum atomic E-state index is 13.5. The van der Waals surface area contributed by atoms with Crippen LogP contribution in [0.15, 0.2) is 53.3 Å². The van der Waals surface area contributed by atoms with Gasteiger partial charge in [0.25, 0.3) is 0 Å². The molecule has 2 aromatic heterocycles. The van der Waals surface area contributed by atoms with Crippen LogP contribution in [-0.2, 0) is 19.5 Å². The molecule has 0 saturated heterocycles. The quantitative estimate of drug-likeness (QED) is 0.300. The highest BCUT2D eigenvalue weighted by Crippen LogP contribution is 2.30. The molecule has 1 saturated carbocycles. The maximum absolute atomic E-state index is 13.5. The van der Waals surface area contributed by atoms with Crippen LogP contribution in [0.25, 0.3) is 22.5 Å². The number of nitrogens with one attached hydrogen (secondary N) is 1.